The van der Waals surface area contributed by atoms with E-state index in [4.69, 9.17) is 23.2 Å². The van der Waals surface area contributed by atoms with Crippen LogP contribution in [0.5, 0.6) is 0 Å². The lowest BCUT2D eigenvalue weighted by atomic mass is 10.1. The third-order valence-electron chi connectivity index (χ3n) is 4.49. The minimum Gasteiger partial charge on any atom is -0.368 e. The third kappa shape index (κ3) is 3.10. The molecule has 0 unspecified atom stereocenters. The Morgan fingerprint density at radius 3 is 2.44 bits per heavy atom. The first kappa shape index (κ1) is 16.4. The van der Waals surface area contributed by atoms with E-state index in [2.05, 4.69) is 20.0 Å². The highest BCUT2D eigenvalue weighted by molar-refractivity contribution is 6.35. The summed E-state index contributed by atoms with van der Waals surface area (Å²) < 4.78 is 13.3. The molecule has 7 heteroatoms. The highest BCUT2D eigenvalue weighted by atomic mass is 35.5. The first-order valence-corrected chi connectivity index (χ1v) is 8.74. The SMILES string of the molecule is Fc1ccc(N2CCN(c3cnnc4c(Cl)cccc34)CC2)cc1Cl. The Kier molecular flexibility index (Phi) is 4.36. The predicted octanol–water partition coefficient (Wildman–Crippen LogP) is 4.40. The van der Waals surface area contributed by atoms with Crippen molar-refractivity contribution >= 4 is 45.5 Å². The van der Waals surface area contributed by atoms with E-state index in [0.717, 1.165) is 48.5 Å². The Morgan fingerprint density at radius 1 is 0.920 bits per heavy atom. The molecule has 0 spiro atoms. The Hall–Kier alpha value is -2.11. The predicted molar refractivity (Wildman–Crippen MR) is 100 cm³/mol. The van der Waals surface area contributed by atoms with E-state index in [1.165, 1.54) is 6.07 Å². The molecule has 0 saturated carbocycles. The zero-order valence-corrected chi connectivity index (χ0v) is 14.8. The van der Waals surface area contributed by atoms with Crippen LogP contribution < -0.4 is 9.80 Å². The molecular weight excluding hydrogens is 362 g/mol. The minimum absolute atomic E-state index is 0.152. The smallest absolute Gasteiger partial charge is 0.141 e. The minimum atomic E-state index is -0.393. The molecule has 0 radical (unpaired) electrons. The summed E-state index contributed by atoms with van der Waals surface area (Å²) in [6, 6.07) is 10.6. The van der Waals surface area contributed by atoms with Crippen LogP contribution in [0.4, 0.5) is 15.8 Å². The summed E-state index contributed by atoms with van der Waals surface area (Å²) in [5.74, 6) is -0.393. The molecule has 1 fully saturated rings. The number of aromatic nitrogens is 2. The number of hydrogen-bond donors (Lipinski definition) is 0. The van der Waals surface area contributed by atoms with Crippen LogP contribution in [0, 0.1) is 5.82 Å². The van der Waals surface area contributed by atoms with Crippen molar-refractivity contribution in [2.24, 2.45) is 0 Å². The van der Waals surface area contributed by atoms with Gasteiger partial charge in [0.2, 0.25) is 0 Å². The Morgan fingerprint density at radius 2 is 1.68 bits per heavy atom. The number of anilines is 2. The second-order valence-electron chi connectivity index (χ2n) is 5.94. The van der Waals surface area contributed by atoms with E-state index >= 15 is 0 Å². The van der Waals surface area contributed by atoms with Gasteiger partial charge in [-0.25, -0.2) is 4.39 Å². The number of hydrogen-bond acceptors (Lipinski definition) is 4. The third-order valence-corrected chi connectivity index (χ3v) is 5.08. The molecule has 0 bridgehead atoms. The molecule has 25 heavy (non-hydrogen) atoms. The Bertz CT molecular complexity index is 926. The second-order valence-corrected chi connectivity index (χ2v) is 6.75. The van der Waals surface area contributed by atoms with Crippen LogP contribution in [-0.4, -0.2) is 36.4 Å². The summed E-state index contributed by atoms with van der Waals surface area (Å²) in [6.07, 6.45) is 1.78. The van der Waals surface area contributed by atoms with Gasteiger partial charge in [-0.2, -0.15) is 5.10 Å². The van der Waals surface area contributed by atoms with Crippen molar-refractivity contribution < 1.29 is 4.39 Å². The molecule has 1 aromatic heterocycles. The topological polar surface area (TPSA) is 32.3 Å². The fraction of sp³-hybridized carbons (Fsp3) is 0.222. The summed E-state index contributed by atoms with van der Waals surface area (Å²) in [4.78, 5) is 4.47. The zero-order valence-electron chi connectivity index (χ0n) is 13.3. The molecule has 4 nitrogen and oxygen atoms in total. The molecule has 1 aliphatic rings. The van der Waals surface area contributed by atoms with Gasteiger partial charge in [0.25, 0.3) is 0 Å². The standard InChI is InChI=1S/C18H15Cl2FN4/c19-14-3-1-2-13-17(11-22-23-18(13)14)25-8-6-24(7-9-25)12-4-5-16(21)15(20)10-12/h1-5,10-11H,6-9H2. The second kappa shape index (κ2) is 6.65. The lowest BCUT2D eigenvalue weighted by molar-refractivity contribution is 0.625. The van der Waals surface area contributed by atoms with Gasteiger partial charge in [-0.05, 0) is 24.3 Å². The maximum atomic E-state index is 13.3. The van der Waals surface area contributed by atoms with Gasteiger partial charge in [0.15, 0.2) is 0 Å². The summed E-state index contributed by atoms with van der Waals surface area (Å²) in [6.45, 7) is 3.27. The number of fused-ring (bicyclic) bond motifs is 1. The zero-order chi connectivity index (χ0) is 17.4. The molecule has 3 aromatic rings. The number of piperazine rings is 1. The summed E-state index contributed by atoms with van der Waals surface area (Å²) >= 11 is 12.1. The molecule has 128 valence electrons. The van der Waals surface area contributed by atoms with Crippen LogP contribution in [0.2, 0.25) is 10.0 Å². The molecule has 0 amide bonds. The largest absolute Gasteiger partial charge is 0.368 e. The molecular formula is C18H15Cl2FN4. The molecule has 0 N–H and O–H groups in total. The fourth-order valence-corrected chi connectivity index (χ4v) is 3.56. The molecule has 2 heterocycles. The van der Waals surface area contributed by atoms with Crippen molar-refractivity contribution in [3.63, 3.8) is 0 Å². The van der Waals surface area contributed by atoms with Gasteiger partial charge in [0.05, 0.1) is 21.9 Å². The first-order chi connectivity index (χ1) is 12.1. The molecule has 0 aliphatic carbocycles. The van der Waals surface area contributed by atoms with Crippen molar-refractivity contribution in [1.29, 1.82) is 0 Å². The Labute approximate surface area is 154 Å². The van der Waals surface area contributed by atoms with E-state index < -0.39 is 5.82 Å². The molecule has 2 aromatic carbocycles. The van der Waals surface area contributed by atoms with Crippen molar-refractivity contribution in [2.75, 3.05) is 36.0 Å². The van der Waals surface area contributed by atoms with Crippen LogP contribution in [0.15, 0.2) is 42.6 Å². The fourth-order valence-electron chi connectivity index (χ4n) is 3.17. The van der Waals surface area contributed by atoms with E-state index in [9.17, 15) is 4.39 Å². The van der Waals surface area contributed by atoms with E-state index in [0.29, 0.717) is 5.02 Å². The van der Waals surface area contributed by atoms with Gasteiger partial charge in [-0.15, -0.1) is 5.10 Å². The monoisotopic (exact) mass is 376 g/mol. The van der Waals surface area contributed by atoms with E-state index in [1.54, 1.807) is 18.3 Å². The Balaban J connectivity index is 1.56. The maximum Gasteiger partial charge on any atom is 0.141 e. The lowest BCUT2D eigenvalue weighted by Gasteiger charge is -2.37. The highest BCUT2D eigenvalue weighted by Crippen LogP contribution is 2.30. The highest BCUT2D eigenvalue weighted by Gasteiger charge is 2.20. The van der Waals surface area contributed by atoms with Gasteiger partial charge in [-0.1, -0.05) is 35.3 Å². The van der Waals surface area contributed by atoms with Crippen LogP contribution in [0.1, 0.15) is 0 Å². The van der Waals surface area contributed by atoms with Crippen molar-refractivity contribution in [2.45, 2.75) is 0 Å². The van der Waals surface area contributed by atoms with Crippen molar-refractivity contribution in [3.05, 3.63) is 58.5 Å². The summed E-state index contributed by atoms with van der Waals surface area (Å²) in [5.41, 5.74) is 2.69. The molecule has 1 aliphatic heterocycles. The van der Waals surface area contributed by atoms with Crippen LogP contribution >= 0.6 is 23.2 Å². The van der Waals surface area contributed by atoms with Gasteiger partial charge < -0.3 is 9.80 Å². The van der Waals surface area contributed by atoms with Gasteiger partial charge in [0, 0.05) is 37.3 Å². The summed E-state index contributed by atoms with van der Waals surface area (Å²) in [5, 5.41) is 10.0. The first-order valence-electron chi connectivity index (χ1n) is 7.98. The maximum absolute atomic E-state index is 13.3. The molecule has 1 saturated heterocycles. The molecule has 4 rings (SSSR count). The molecule has 0 atom stereocenters. The normalized spacial score (nSPS) is 15.0. The van der Waals surface area contributed by atoms with Gasteiger partial charge in [0.1, 0.15) is 11.3 Å². The van der Waals surface area contributed by atoms with Crippen molar-refractivity contribution in [3.8, 4) is 0 Å². The van der Waals surface area contributed by atoms with E-state index in [1.807, 2.05) is 18.2 Å². The van der Waals surface area contributed by atoms with Crippen LogP contribution in [0.25, 0.3) is 10.9 Å². The summed E-state index contributed by atoms with van der Waals surface area (Å²) in [7, 11) is 0. The number of nitrogens with zero attached hydrogens (tertiary/aromatic N) is 4. The van der Waals surface area contributed by atoms with Gasteiger partial charge >= 0.3 is 0 Å². The van der Waals surface area contributed by atoms with Crippen LogP contribution in [0.3, 0.4) is 0 Å². The van der Waals surface area contributed by atoms with Gasteiger partial charge in [-0.3, -0.25) is 0 Å². The lowest BCUT2D eigenvalue weighted by Crippen LogP contribution is -2.46. The van der Waals surface area contributed by atoms with Crippen LogP contribution in [-0.2, 0) is 0 Å². The average molecular weight is 377 g/mol. The average Bonchev–Trinajstić information content (AvgIpc) is 2.64. The number of rotatable bonds is 2. The van der Waals surface area contributed by atoms with E-state index in [-0.39, 0.29) is 5.02 Å². The quantitative estimate of drug-likeness (QED) is 0.663. The number of halogens is 3. The van der Waals surface area contributed by atoms with Crippen molar-refractivity contribution in [1.82, 2.24) is 10.2 Å². The number of benzene rings is 2.